The van der Waals surface area contributed by atoms with Gasteiger partial charge in [0.2, 0.25) is 0 Å². The topological polar surface area (TPSA) is 87.1 Å². The van der Waals surface area contributed by atoms with E-state index in [1.54, 1.807) is 23.6 Å². The normalized spacial score (nSPS) is 14.6. The molecule has 1 amide bonds. The fraction of sp³-hybridized carbons (Fsp3) is 0.261. The molecule has 5 rings (SSSR count). The molecule has 0 unspecified atom stereocenters. The molecule has 9 heteroatoms. The van der Waals surface area contributed by atoms with E-state index in [-0.39, 0.29) is 5.91 Å². The lowest BCUT2D eigenvalue weighted by atomic mass is 10.1. The van der Waals surface area contributed by atoms with Crippen molar-refractivity contribution < 1.29 is 4.79 Å². The van der Waals surface area contributed by atoms with Gasteiger partial charge in [0.1, 0.15) is 10.8 Å². The van der Waals surface area contributed by atoms with Gasteiger partial charge in [-0.3, -0.25) is 4.79 Å². The van der Waals surface area contributed by atoms with Crippen LogP contribution in [0.4, 0.5) is 11.6 Å². The molecule has 1 saturated heterocycles. The Balaban J connectivity index is 1.36. The summed E-state index contributed by atoms with van der Waals surface area (Å²) in [4.78, 5) is 27.4. The second-order valence-electron chi connectivity index (χ2n) is 7.93. The van der Waals surface area contributed by atoms with Crippen LogP contribution in [-0.4, -0.2) is 64.2 Å². The SMILES string of the molecule is Cc1cnc(-c2ccc3nnc(NC(=O)c4ccnc(N5CCN(C)CC5)c4)cc3c2)s1. The Morgan fingerprint density at radius 3 is 2.66 bits per heavy atom. The average Bonchev–Trinajstić information content (AvgIpc) is 3.25. The van der Waals surface area contributed by atoms with Crippen LogP contribution in [0.25, 0.3) is 21.5 Å². The van der Waals surface area contributed by atoms with Gasteiger partial charge in [-0.15, -0.1) is 21.5 Å². The first-order valence-electron chi connectivity index (χ1n) is 10.5. The molecule has 0 saturated carbocycles. The van der Waals surface area contributed by atoms with Crippen LogP contribution < -0.4 is 10.2 Å². The van der Waals surface area contributed by atoms with Gasteiger partial charge < -0.3 is 15.1 Å². The molecule has 8 nitrogen and oxygen atoms in total. The van der Waals surface area contributed by atoms with Gasteiger partial charge >= 0.3 is 0 Å². The second kappa shape index (κ2) is 8.60. The van der Waals surface area contributed by atoms with Crippen LogP contribution in [0, 0.1) is 6.92 Å². The number of carbonyl (C=O) groups is 1. The molecule has 0 radical (unpaired) electrons. The lowest BCUT2D eigenvalue weighted by Gasteiger charge is -2.33. The van der Waals surface area contributed by atoms with Gasteiger partial charge in [-0.1, -0.05) is 0 Å². The molecular weight excluding hydrogens is 422 g/mol. The number of hydrogen-bond donors (Lipinski definition) is 1. The van der Waals surface area contributed by atoms with E-state index in [4.69, 9.17) is 0 Å². The summed E-state index contributed by atoms with van der Waals surface area (Å²) in [6.45, 7) is 5.79. The molecule has 0 spiro atoms. The van der Waals surface area contributed by atoms with E-state index in [2.05, 4.69) is 42.3 Å². The average molecular weight is 446 g/mol. The van der Waals surface area contributed by atoms with Gasteiger partial charge in [-0.05, 0) is 50.4 Å². The number of aryl methyl sites for hydroxylation is 1. The number of pyridine rings is 1. The molecule has 1 aliphatic heterocycles. The summed E-state index contributed by atoms with van der Waals surface area (Å²) in [6, 6.07) is 11.3. The molecule has 1 fully saturated rings. The van der Waals surface area contributed by atoms with E-state index in [0.29, 0.717) is 11.4 Å². The van der Waals surface area contributed by atoms with Gasteiger partial charge in [0.05, 0.1) is 5.52 Å². The molecule has 4 heterocycles. The number of carbonyl (C=O) groups excluding carboxylic acids is 1. The van der Waals surface area contributed by atoms with Gasteiger partial charge in [0.15, 0.2) is 5.82 Å². The number of thiazole rings is 1. The third kappa shape index (κ3) is 4.30. The zero-order chi connectivity index (χ0) is 22.1. The van der Waals surface area contributed by atoms with E-state index in [0.717, 1.165) is 58.3 Å². The Kier molecular flexibility index (Phi) is 5.50. The van der Waals surface area contributed by atoms with Crippen LogP contribution >= 0.6 is 11.3 Å². The molecule has 32 heavy (non-hydrogen) atoms. The summed E-state index contributed by atoms with van der Waals surface area (Å²) in [5.41, 5.74) is 2.33. The van der Waals surface area contributed by atoms with Crippen molar-refractivity contribution in [1.82, 2.24) is 25.1 Å². The Labute approximate surface area is 189 Å². The van der Waals surface area contributed by atoms with Crippen LogP contribution in [0.1, 0.15) is 15.2 Å². The Morgan fingerprint density at radius 2 is 1.88 bits per heavy atom. The zero-order valence-electron chi connectivity index (χ0n) is 17.9. The lowest BCUT2D eigenvalue weighted by Crippen LogP contribution is -2.44. The quantitative estimate of drug-likeness (QED) is 0.515. The molecule has 3 aromatic heterocycles. The molecule has 1 aliphatic rings. The number of piperazine rings is 1. The third-order valence-corrected chi connectivity index (χ3v) is 6.49. The van der Waals surface area contributed by atoms with Crippen LogP contribution in [-0.2, 0) is 0 Å². The lowest BCUT2D eigenvalue weighted by molar-refractivity contribution is 0.102. The van der Waals surface area contributed by atoms with Crippen LogP contribution in [0.5, 0.6) is 0 Å². The smallest absolute Gasteiger partial charge is 0.257 e. The summed E-state index contributed by atoms with van der Waals surface area (Å²) in [5, 5.41) is 13.2. The Bertz CT molecular complexity index is 1280. The van der Waals surface area contributed by atoms with Crippen molar-refractivity contribution in [2.75, 3.05) is 43.4 Å². The summed E-state index contributed by atoms with van der Waals surface area (Å²) >= 11 is 1.65. The van der Waals surface area contributed by atoms with Crippen molar-refractivity contribution in [3.8, 4) is 10.6 Å². The molecule has 0 atom stereocenters. The van der Waals surface area contributed by atoms with Crippen LogP contribution in [0.2, 0.25) is 0 Å². The maximum absolute atomic E-state index is 12.9. The van der Waals surface area contributed by atoms with E-state index in [9.17, 15) is 4.79 Å². The van der Waals surface area contributed by atoms with Gasteiger partial charge in [-0.25, -0.2) is 9.97 Å². The molecule has 4 aromatic rings. The fourth-order valence-electron chi connectivity index (χ4n) is 3.68. The first-order valence-corrected chi connectivity index (χ1v) is 11.3. The molecule has 1 aromatic carbocycles. The van der Waals surface area contributed by atoms with Crippen molar-refractivity contribution >= 4 is 39.8 Å². The summed E-state index contributed by atoms with van der Waals surface area (Å²) in [5.74, 6) is 0.995. The number of rotatable bonds is 4. The zero-order valence-corrected chi connectivity index (χ0v) is 18.8. The predicted molar refractivity (Wildman–Crippen MR) is 127 cm³/mol. The minimum absolute atomic E-state index is 0.233. The third-order valence-electron chi connectivity index (χ3n) is 5.53. The molecule has 0 aliphatic carbocycles. The summed E-state index contributed by atoms with van der Waals surface area (Å²) in [7, 11) is 2.11. The highest BCUT2D eigenvalue weighted by Gasteiger charge is 2.17. The highest BCUT2D eigenvalue weighted by atomic mass is 32.1. The number of nitrogens with zero attached hydrogens (tertiary/aromatic N) is 6. The van der Waals surface area contributed by atoms with Crippen molar-refractivity contribution in [3.63, 3.8) is 0 Å². The maximum atomic E-state index is 12.9. The number of aromatic nitrogens is 4. The monoisotopic (exact) mass is 445 g/mol. The highest BCUT2D eigenvalue weighted by molar-refractivity contribution is 7.14. The first kappa shape index (κ1) is 20.5. The number of fused-ring (bicyclic) bond motifs is 1. The number of anilines is 2. The minimum Gasteiger partial charge on any atom is -0.354 e. The number of amides is 1. The standard InChI is InChI=1S/C23H23N7OS/c1-15-14-25-23(32-15)17-3-4-19-18(11-17)12-20(28-27-19)26-22(31)16-5-6-24-21(13-16)30-9-7-29(2)8-10-30/h3-6,11-14H,7-10H2,1-2H3,(H,26,28,31). The van der Waals surface area contributed by atoms with E-state index < -0.39 is 0 Å². The van der Waals surface area contributed by atoms with Gasteiger partial charge in [0.25, 0.3) is 5.91 Å². The highest BCUT2D eigenvalue weighted by Crippen LogP contribution is 2.28. The molecule has 0 bridgehead atoms. The fourth-order valence-corrected chi connectivity index (χ4v) is 4.44. The number of benzene rings is 1. The van der Waals surface area contributed by atoms with E-state index in [1.807, 2.05) is 43.5 Å². The van der Waals surface area contributed by atoms with Crippen LogP contribution in [0.15, 0.2) is 48.8 Å². The van der Waals surface area contributed by atoms with Crippen molar-refractivity contribution in [1.29, 1.82) is 0 Å². The first-order chi connectivity index (χ1) is 15.5. The minimum atomic E-state index is -0.233. The molecular formula is C23H23N7OS. The van der Waals surface area contributed by atoms with Gasteiger partial charge in [-0.2, -0.15) is 0 Å². The number of likely N-dealkylation sites (N-methyl/N-ethyl adjacent to an activating group) is 1. The summed E-state index contributed by atoms with van der Waals surface area (Å²) in [6.07, 6.45) is 3.54. The predicted octanol–water partition coefficient (Wildman–Crippen LogP) is 3.46. The largest absolute Gasteiger partial charge is 0.354 e. The van der Waals surface area contributed by atoms with Gasteiger partial charge in [0, 0.05) is 60.0 Å². The van der Waals surface area contributed by atoms with E-state index in [1.165, 1.54) is 0 Å². The maximum Gasteiger partial charge on any atom is 0.257 e. The Hall–Kier alpha value is -3.43. The second-order valence-corrected chi connectivity index (χ2v) is 9.16. The van der Waals surface area contributed by atoms with Crippen molar-refractivity contribution in [2.45, 2.75) is 6.92 Å². The number of nitrogens with one attached hydrogen (secondary N) is 1. The van der Waals surface area contributed by atoms with Crippen molar-refractivity contribution in [2.24, 2.45) is 0 Å². The van der Waals surface area contributed by atoms with Crippen LogP contribution in [0.3, 0.4) is 0 Å². The molecule has 1 N–H and O–H groups in total. The van der Waals surface area contributed by atoms with Crippen molar-refractivity contribution in [3.05, 3.63) is 59.2 Å². The summed E-state index contributed by atoms with van der Waals surface area (Å²) < 4.78 is 0. The molecule has 162 valence electrons. The van der Waals surface area contributed by atoms with E-state index >= 15 is 0 Å². The number of hydrogen-bond acceptors (Lipinski definition) is 8. The Morgan fingerprint density at radius 1 is 1.03 bits per heavy atom.